The van der Waals surface area contributed by atoms with Gasteiger partial charge in [0.1, 0.15) is 11.8 Å². The number of hydrogen-bond acceptors (Lipinski definition) is 4. The third-order valence-electron chi connectivity index (χ3n) is 1.88. The van der Waals surface area contributed by atoms with Gasteiger partial charge in [-0.05, 0) is 0 Å². The van der Waals surface area contributed by atoms with Crippen molar-refractivity contribution < 1.29 is 23.1 Å². The maximum atomic E-state index is 11.6. The second-order valence-electron chi connectivity index (χ2n) is 4.66. The largest absolute Gasteiger partial charge is 0.480 e. The van der Waals surface area contributed by atoms with Gasteiger partial charge in [-0.15, -0.1) is 0 Å². The summed E-state index contributed by atoms with van der Waals surface area (Å²) < 4.78 is 23.7. The van der Waals surface area contributed by atoms with E-state index in [9.17, 15) is 18.0 Å². The molecule has 0 spiro atoms. The Balaban J connectivity index is 4.73. The zero-order valence-corrected chi connectivity index (χ0v) is 10.6. The number of hydrogen-bond donors (Lipinski definition) is 2. The Morgan fingerprint density at radius 2 is 1.75 bits per heavy atom. The van der Waals surface area contributed by atoms with E-state index in [1.807, 2.05) is 4.72 Å². The molecule has 7 heteroatoms. The predicted octanol–water partition coefficient (Wildman–Crippen LogP) is -0.00590. The van der Waals surface area contributed by atoms with Gasteiger partial charge in [0.05, 0.1) is 6.26 Å². The lowest BCUT2D eigenvalue weighted by molar-refractivity contribution is -0.141. The van der Waals surface area contributed by atoms with E-state index in [1.165, 1.54) is 0 Å². The minimum Gasteiger partial charge on any atom is -0.480 e. The molecule has 0 radical (unpaired) electrons. The summed E-state index contributed by atoms with van der Waals surface area (Å²) in [6.45, 7) is 4.94. The molecule has 16 heavy (non-hydrogen) atoms. The third-order valence-corrected chi connectivity index (χ3v) is 2.59. The molecule has 0 amide bonds. The number of carbonyl (C=O) groups excluding carboxylic acids is 1. The maximum Gasteiger partial charge on any atom is 0.322 e. The van der Waals surface area contributed by atoms with Crippen LogP contribution >= 0.6 is 0 Å². The maximum absolute atomic E-state index is 11.6. The fraction of sp³-hybridized carbons (Fsp3) is 0.778. The zero-order valence-electron chi connectivity index (χ0n) is 9.77. The highest BCUT2D eigenvalue weighted by molar-refractivity contribution is 7.88. The molecule has 0 rings (SSSR count). The first-order valence-electron chi connectivity index (χ1n) is 4.67. The van der Waals surface area contributed by atoms with Crippen LogP contribution in [0.5, 0.6) is 0 Å². The van der Waals surface area contributed by atoms with Crippen molar-refractivity contribution in [2.24, 2.45) is 5.41 Å². The van der Waals surface area contributed by atoms with Crippen molar-refractivity contribution in [2.45, 2.75) is 33.2 Å². The fourth-order valence-electron chi connectivity index (χ4n) is 0.929. The Morgan fingerprint density at radius 3 is 2.00 bits per heavy atom. The Labute approximate surface area is 95.1 Å². The number of carboxylic acid groups (broad SMARTS) is 1. The molecule has 0 heterocycles. The van der Waals surface area contributed by atoms with Gasteiger partial charge in [-0.1, -0.05) is 20.8 Å². The van der Waals surface area contributed by atoms with Gasteiger partial charge in [-0.3, -0.25) is 9.59 Å². The normalized spacial score (nSPS) is 14.5. The van der Waals surface area contributed by atoms with Gasteiger partial charge in [0.2, 0.25) is 10.0 Å². The molecular weight excluding hydrogens is 234 g/mol. The first kappa shape index (κ1) is 15.0. The second-order valence-corrected chi connectivity index (χ2v) is 6.44. The summed E-state index contributed by atoms with van der Waals surface area (Å²) in [4.78, 5) is 22.3. The minimum atomic E-state index is -3.64. The van der Waals surface area contributed by atoms with E-state index in [0.29, 0.717) is 0 Å². The first-order valence-corrected chi connectivity index (χ1v) is 6.56. The van der Waals surface area contributed by atoms with Crippen LogP contribution in [0.2, 0.25) is 0 Å². The molecule has 0 fully saturated rings. The van der Waals surface area contributed by atoms with Crippen LogP contribution in [0.4, 0.5) is 0 Å². The van der Waals surface area contributed by atoms with Gasteiger partial charge in [-0.2, -0.15) is 0 Å². The third kappa shape index (κ3) is 5.82. The summed E-state index contributed by atoms with van der Waals surface area (Å²) in [6.07, 6.45) is 0.496. The standard InChI is InChI=1S/C9H17NO5S/c1-9(2,3)7(11)5-6(8(12)13)10-16(4,14)15/h6,10H,5H2,1-4H3,(H,12,13). The highest BCUT2D eigenvalue weighted by atomic mass is 32.2. The van der Waals surface area contributed by atoms with Crippen LogP contribution in [0.25, 0.3) is 0 Å². The first-order chi connectivity index (χ1) is 6.93. The summed E-state index contributed by atoms with van der Waals surface area (Å²) in [5, 5.41) is 8.77. The molecule has 0 aromatic heterocycles. The van der Waals surface area contributed by atoms with Gasteiger partial charge in [0.25, 0.3) is 0 Å². The van der Waals surface area contributed by atoms with E-state index in [4.69, 9.17) is 5.11 Å². The smallest absolute Gasteiger partial charge is 0.322 e. The Bertz CT molecular complexity index is 379. The van der Waals surface area contributed by atoms with Gasteiger partial charge in [0.15, 0.2) is 0 Å². The number of carbonyl (C=O) groups is 2. The Kier molecular flexibility index (Phi) is 4.63. The fourth-order valence-corrected chi connectivity index (χ4v) is 1.63. The molecule has 1 unspecified atom stereocenters. The average molecular weight is 251 g/mol. The topological polar surface area (TPSA) is 101 Å². The molecule has 0 saturated heterocycles. The summed E-state index contributed by atoms with van der Waals surface area (Å²) >= 11 is 0. The lowest BCUT2D eigenvalue weighted by Gasteiger charge is -2.19. The van der Waals surface area contributed by atoms with Crippen LogP contribution < -0.4 is 4.72 Å². The quantitative estimate of drug-likeness (QED) is 0.716. The van der Waals surface area contributed by atoms with Crippen LogP contribution in [0.15, 0.2) is 0 Å². The molecule has 0 aromatic rings. The van der Waals surface area contributed by atoms with Crippen LogP contribution in [-0.4, -0.2) is 37.6 Å². The van der Waals surface area contributed by atoms with E-state index in [-0.39, 0.29) is 12.2 Å². The molecule has 6 nitrogen and oxygen atoms in total. The van der Waals surface area contributed by atoms with Crippen LogP contribution in [-0.2, 0) is 19.6 Å². The van der Waals surface area contributed by atoms with Crippen LogP contribution in [0.1, 0.15) is 27.2 Å². The number of aliphatic carboxylic acids is 1. The van der Waals surface area contributed by atoms with E-state index in [0.717, 1.165) is 6.26 Å². The van der Waals surface area contributed by atoms with Crippen molar-refractivity contribution in [3.63, 3.8) is 0 Å². The molecule has 0 aliphatic carbocycles. The van der Waals surface area contributed by atoms with Crippen molar-refractivity contribution in [2.75, 3.05) is 6.26 Å². The van der Waals surface area contributed by atoms with Crippen molar-refractivity contribution in [3.05, 3.63) is 0 Å². The molecular formula is C9H17NO5S. The van der Waals surface area contributed by atoms with E-state index in [1.54, 1.807) is 20.8 Å². The summed E-state index contributed by atoms with van der Waals surface area (Å²) in [6, 6.07) is -1.40. The van der Waals surface area contributed by atoms with Crippen molar-refractivity contribution in [1.29, 1.82) is 0 Å². The number of rotatable bonds is 5. The average Bonchev–Trinajstić information content (AvgIpc) is 1.98. The number of sulfonamides is 1. The van der Waals surface area contributed by atoms with E-state index < -0.39 is 27.4 Å². The van der Waals surface area contributed by atoms with Crippen LogP contribution in [0.3, 0.4) is 0 Å². The summed E-state index contributed by atoms with van der Waals surface area (Å²) in [5.41, 5.74) is -0.688. The zero-order chi connectivity index (χ0) is 13.1. The van der Waals surface area contributed by atoms with E-state index in [2.05, 4.69) is 0 Å². The number of nitrogens with one attached hydrogen (secondary N) is 1. The SMILES string of the molecule is CC(C)(C)C(=O)CC(NS(C)(=O)=O)C(=O)O. The Morgan fingerprint density at radius 1 is 1.31 bits per heavy atom. The second kappa shape index (κ2) is 4.92. The van der Waals surface area contributed by atoms with Crippen molar-refractivity contribution >= 4 is 21.8 Å². The predicted molar refractivity (Wildman–Crippen MR) is 58.5 cm³/mol. The lowest BCUT2D eigenvalue weighted by Crippen LogP contribution is -2.43. The highest BCUT2D eigenvalue weighted by Crippen LogP contribution is 2.18. The molecule has 0 saturated carbocycles. The molecule has 0 bridgehead atoms. The van der Waals surface area contributed by atoms with E-state index >= 15 is 0 Å². The summed E-state index contributed by atoms with van der Waals surface area (Å²) in [7, 11) is -3.64. The number of ketones is 1. The number of carboxylic acids is 1. The van der Waals surface area contributed by atoms with Crippen LogP contribution in [0, 0.1) is 5.41 Å². The van der Waals surface area contributed by atoms with Gasteiger partial charge >= 0.3 is 5.97 Å². The number of Topliss-reactive ketones (excluding diaryl/α,β-unsaturated/α-hetero) is 1. The minimum absolute atomic E-state index is 0.309. The van der Waals surface area contributed by atoms with Gasteiger partial charge < -0.3 is 5.11 Å². The van der Waals surface area contributed by atoms with Gasteiger partial charge in [-0.25, -0.2) is 13.1 Å². The molecule has 0 aliphatic heterocycles. The highest BCUT2D eigenvalue weighted by Gasteiger charge is 2.29. The molecule has 0 aliphatic rings. The molecule has 1 atom stereocenters. The molecule has 2 N–H and O–H groups in total. The van der Waals surface area contributed by atoms with Crippen molar-refractivity contribution in [3.8, 4) is 0 Å². The van der Waals surface area contributed by atoms with Gasteiger partial charge in [0, 0.05) is 11.8 Å². The lowest BCUT2D eigenvalue weighted by atomic mass is 9.87. The molecule has 94 valence electrons. The van der Waals surface area contributed by atoms with Crippen molar-refractivity contribution in [1.82, 2.24) is 4.72 Å². The monoisotopic (exact) mass is 251 g/mol. The summed E-state index contributed by atoms with van der Waals surface area (Å²) in [5.74, 6) is -1.67. The molecule has 0 aromatic carbocycles. The Hall–Kier alpha value is -0.950.